The molecule has 9 heavy (non-hydrogen) atoms. The quantitative estimate of drug-likeness (QED) is 0.238. The Balaban J connectivity index is -0.00000000357. The van der Waals surface area contributed by atoms with Crippen molar-refractivity contribution in [3.05, 3.63) is 13.8 Å². The molecule has 50 valence electrons. The molecule has 0 N–H and O–H groups in total. The van der Waals surface area contributed by atoms with Gasteiger partial charge < -0.3 is 50.2 Å². The Labute approximate surface area is 115 Å². The summed E-state index contributed by atoms with van der Waals surface area (Å²) in [5.41, 5.74) is 0. The summed E-state index contributed by atoms with van der Waals surface area (Å²) in [4.78, 5) is 0. The van der Waals surface area contributed by atoms with Crippen molar-refractivity contribution in [2.45, 2.75) is 20.3 Å². The van der Waals surface area contributed by atoms with Gasteiger partial charge in [-0.1, -0.05) is 6.92 Å². The Morgan fingerprint density at radius 1 is 1.11 bits per heavy atom. The fraction of sp³-hybridized carbons (Fsp3) is 0.600. The van der Waals surface area contributed by atoms with Gasteiger partial charge in [0, 0.05) is 0 Å². The van der Waals surface area contributed by atoms with E-state index in [2.05, 4.69) is 13.8 Å². The maximum Gasteiger partial charge on any atom is 2.00 e. The maximum absolute atomic E-state index is 3.49. The summed E-state index contributed by atoms with van der Waals surface area (Å²) in [5.74, 6) is 0. The molecule has 0 saturated heterocycles. The van der Waals surface area contributed by atoms with Gasteiger partial charge in [0.15, 0.2) is 0 Å². The third-order valence-electron chi connectivity index (χ3n) is 0. The first-order valence-corrected chi connectivity index (χ1v) is 1.91. The Kier molecular flexibility index (Phi) is 354. The summed E-state index contributed by atoms with van der Waals surface area (Å²) in [5, 5.41) is 0. The summed E-state index contributed by atoms with van der Waals surface area (Å²) >= 11 is 0. The minimum atomic E-state index is 0. The van der Waals surface area contributed by atoms with Crippen molar-refractivity contribution in [3.63, 3.8) is 0 Å². The molecule has 0 radical (unpaired) electrons. The minimum absolute atomic E-state index is 0. The molecule has 0 rings (SSSR count). The van der Waals surface area contributed by atoms with E-state index in [1.54, 1.807) is 6.92 Å². The second-order valence-corrected chi connectivity index (χ2v) is 0.500. The summed E-state index contributed by atoms with van der Waals surface area (Å²) < 4.78 is 0. The number of halogens is 2. The standard InChI is InChI=1S/C3H7.C2H5.ClH.HI.2Mg/c1-3-2;1-2;;;;/h1,3H2,2H3;1H2,2H3;2*1H;;/q2*-1;;;2*+2/p-2. The summed E-state index contributed by atoms with van der Waals surface area (Å²) in [6.45, 7) is 10.5. The van der Waals surface area contributed by atoms with Crippen LogP contribution in [0.25, 0.3) is 0 Å². The van der Waals surface area contributed by atoms with Crippen LogP contribution in [0, 0.1) is 13.8 Å². The number of hydrogen-bond donors (Lipinski definition) is 0. The Morgan fingerprint density at radius 3 is 1.11 bits per heavy atom. The van der Waals surface area contributed by atoms with Gasteiger partial charge in [-0.3, -0.25) is 0 Å². The SMILES string of the molecule is [CH2-]C.[CH2-]CC.[Cl-].[I-].[Mg+2].[Mg+2]. The third kappa shape index (κ3) is 118. The van der Waals surface area contributed by atoms with Crippen molar-refractivity contribution in [1.29, 1.82) is 0 Å². The molecule has 0 aromatic carbocycles. The molecule has 0 aliphatic carbocycles. The molecule has 0 aliphatic heterocycles. The van der Waals surface area contributed by atoms with Gasteiger partial charge in [0.1, 0.15) is 0 Å². The molecule has 0 spiro atoms. The Bertz CT molecular complexity index is 14.9. The van der Waals surface area contributed by atoms with Crippen molar-refractivity contribution < 1.29 is 36.4 Å². The molecule has 4 heteroatoms. The molecule has 0 aromatic heterocycles. The van der Waals surface area contributed by atoms with Gasteiger partial charge in [-0.15, -0.1) is 0 Å². The van der Waals surface area contributed by atoms with Crippen molar-refractivity contribution in [2.75, 3.05) is 0 Å². The van der Waals surface area contributed by atoms with E-state index in [9.17, 15) is 0 Å². The van der Waals surface area contributed by atoms with Crippen LogP contribution in [0.3, 0.4) is 0 Å². The zero-order valence-electron chi connectivity index (χ0n) is 6.29. The molecular formula is C5H12ClIMg2. The van der Waals surface area contributed by atoms with E-state index in [1.165, 1.54) is 0 Å². The topological polar surface area (TPSA) is 0 Å². The monoisotopic (exact) mass is 282 g/mol. The van der Waals surface area contributed by atoms with Crippen LogP contribution >= 0.6 is 0 Å². The van der Waals surface area contributed by atoms with Gasteiger partial charge >= 0.3 is 46.1 Å². The van der Waals surface area contributed by atoms with Gasteiger partial charge in [-0.05, 0) is 0 Å². The van der Waals surface area contributed by atoms with Crippen LogP contribution < -0.4 is 36.4 Å². The molecule has 0 unspecified atom stereocenters. The van der Waals surface area contributed by atoms with Crippen LogP contribution in [0.15, 0.2) is 0 Å². The van der Waals surface area contributed by atoms with Crippen LogP contribution in [0.5, 0.6) is 0 Å². The Hall–Kier alpha value is 2.55. The van der Waals surface area contributed by atoms with Crippen LogP contribution in [-0.4, -0.2) is 46.1 Å². The van der Waals surface area contributed by atoms with E-state index in [1.807, 2.05) is 6.92 Å². The van der Waals surface area contributed by atoms with E-state index < -0.39 is 0 Å². The van der Waals surface area contributed by atoms with Crippen molar-refractivity contribution in [1.82, 2.24) is 0 Å². The molecule has 0 atom stereocenters. The second-order valence-electron chi connectivity index (χ2n) is 0.500. The largest absolute Gasteiger partial charge is 2.00 e. The molecule has 0 fully saturated rings. The third-order valence-corrected chi connectivity index (χ3v) is 0. The molecule has 0 aromatic rings. The van der Waals surface area contributed by atoms with Crippen LogP contribution in [0.1, 0.15) is 20.3 Å². The second kappa shape index (κ2) is 76.3. The van der Waals surface area contributed by atoms with Crippen LogP contribution in [0.2, 0.25) is 0 Å². The summed E-state index contributed by atoms with van der Waals surface area (Å²) in [6, 6.07) is 0. The predicted octanol–water partition coefficient (Wildman–Crippen LogP) is -4.68. The van der Waals surface area contributed by atoms with Crippen molar-refractivity contribution in [3.8, 4) is 0 Å². The maximum atomic E-state index is 3.49. The predicted molar refractivity (Wildman–Crippen MR) is 38.2 cm³/mol. The van der Waals surface area contributed by atoms with E-state index in [-0.39, 0.29) is 82.5 Å². The average molecular weight is 283 g/mol. The Morgan fingerprint density at radius 2 is 1.11 bits per heavy atom. The smallest absolute Gasteiger partial charge is 1.00 e. The normalized spacial score (nSPS) is 2.67. The van der Waals surface area contributed by atoms with E-state index >= 15 is 0 Å². The van der Waals surface area contributed by atoms with Crippen molar-refractivity contribution >= 4 is 46.1 Å². The molecule has 0 nitrogen and oxygen atoms in total. The van der Waals surface area contributed by atoms with Crippen LogP contribution in [0.4, 0.5) is 0 Å². The molecule has 0 aliphatic rings. The molecule has 0 heterocycles. The molecule has 0 saturated carbocycles. The first-order chi connectivity index (χ1) is 2.41. The van der Waals surface area contributed by atoms with Gasteiger partial charge in [-0.2, -0.15) is 13.3 Å². The number of rotatable bonds is 0. The van der Waals surface area contributed by atoms with Crippen molar-refractivity contribution in [2.24, 2.45) is 0 Å². The van der Waals surface area contributed by atoms with Gasteiger partial charge in [0.2, 0.25) is 0 Å². The van der Waals surface area contributed by atoms with E-state index in [0.717, 1.165) is 6.42 Å². The number of hydrogen-bond acceptors (Lipinski definition) is 0. The minimum Gasteiger partial charge on any atom is -1.00 e. The van der Waals surface area contributed by atoms with E-state index in [0.29, 0.717) is 0 Å². The van der Waals surface area contributed by atoms with Gasteiger partial charge in [0.25, 0.3) is 0 Å². The zero-order chi connectivity index (χ0) is 4.71. The van der Waals surface area contributed by atoms with Gasteiger partial charge in [0.05, 0.1) is 0 Å². The molecule has 0 amide bonds. The summed E-state index contributed by atoms with van der Waals surface area (Å²) in [6.07, 6.45) is 1.00. The van der Waals surface area contributed by atoms with Gasteiger partial charge in [-0.25, -0.2) is 0 Å². The first kappa shape index (κ1) is 41.7. The van der Waals surface area contributed by atoms with Crippen LogP contribution in [-0.2, 0) is 0 Å². The first-order valence-electron chi connectivity index (χ1n) is 1.91. The van der Waals surface area contributed by atoms with E-state index in [4.69, 9.17) is 0 Å². The molecule has 0 bridgehead atoms. The fourth-order valence-electron chi connectivity index (χ4n) is 0. The molecular weight excluding hydrogens is 271 g/mol. The average Bonchev–Trinajstić information content (AvgIpc) is 1.46. The summed E-state index contributed by atoms with van der Waals surface area (Å²) in [7, 11) is 0. The fourth-order valence-corrected chi connectivity index (χ4v) is 0. The zero-order valence-corrected chi connectivity index (χ0v) is 12.0.